The minimum atomic E-state index is -0.543. The summed E-state index contributed by atoms with van der Waals surface area (Å²) in [5.74, 6) is 2.68. The maximum atomic E-state index is 11.7. The molecule has 4 fully saturated rings. The van der Waals surface area contributed by atoms with Gasteiger partial charge in [0.25, 0.3) is 0 Å². The molecule has 0 aromatic carbocycles. The van der Waals surface area contributed by atoms with Crippen molar-refractivity contribution in [2.24, 2.45) is 51.1 Å². The van der Waals surface area contributed by atoms with Gasteiger partial charge in [0.2, 0.25) is 0 Å². The molecule has 0 unspecified atom stereocenters. The summed E-state index contributed by atoms with van der Waals surface area (Å²) >= 11 is 0. The van der Waals surface area contributed by atoms with Crippen molar-refractivity contribution >= 4 is 0 Å². The van der Waals surface area contributed by atoms with Crippen LogP contribution in [0, 0.1) is 45.3 Å². The molecule has 9 atom stereocenters. The van der Waals surface area contributed by atoms with Crippen LogP contribution in [0.1, 0.15) is 120 Å². The molecule has 0 aliphatic heterocycles. The van der Waals surface area contributed by atoms with E-state index in [1.54, 1.807) is 0 Å². The van der Waals surface area contributed by atoms with E-state index in [1.807, 2.05) is 0 Å². The molecule has 0 aromatic heterocycles. The summed E-state index contributed by atoms with van der Waals surface area (Å²) in [5, 5.41) is 11.7. The Labute approximate surface area is 199 Å². The SMILES string of the molecule is CC(C)=CCC[C@](C)(O)[C@H]1CC[C@]2(C)[C@@H]1CC[C@@H]1[C@@]3(C)CC[C@H](N)C(C)(C)[C@@H]3CC[C@]12C. The van der Waals surface area contributed by atoms with E-state index in [2.05, 4.69) is 61.5 Å². The molecule has 2 nitrogen and oxygen atoms in total. The van der Waals surface area contributed by atoms with Crippen LogP contribution >= 0.6 is 0 Å². The topological polar surface area (TPSA) is 46.2 Å². The van der Waals surface area contributed by atoms with E-state index < -0.39 is 5.60 Å². The Morgan fingerprint density at radius 1 is 0.906 bits per heavy atom. The highest BCUT2D eigenvalue weighted by Crippen LogP contribution is 2.75. The van der Waals surface area contributed by atoms with Gasteiger partial charge in [-0.05, 0) is 130 Å². The fraction of sp³-hybridized carbons (Fsp3) is 0.933. The second-order valence-corrected chi connectivity index (χ2v) is 14.5. The van der Waals surface area contributed by atoms with E-state index >= 15 is 0 Å². The van der Waals surface area contributed by atoms with Crippen molar-refractivity contribution in [3.05, 3.63) is 11.6 Å². The zero-order valence-corrected chi connectivity index (χ0v) is 22.6. The molecule has 0 radical (unpaired) electrons. The summed E-state index contributed by atoms with van der Waals surface area (Å²) in [6.07, 6.45) is 14.6. The molecular formula is C30H53NO. The van der Waals surface area contributed by atoms with Crippen molar-refractivity contribution < 1.29 is 5.11 Å². The molecule has 4 aliphatic rings. The first-order chi connectivity index (χ1) is 14.7. The van der Waals surface area contributed by atoms with E-state index in [-0.39, 0.29) is 5.41 Å². The monoisotopic (exact) mass is 443 g/mol. The van der Waals surface area contributed by atoms with Crippen LogP contribution < -0.4 is 5.73 Å². The Balaban J connectivity index is 1.61. The van der Waals surface area contributed by atoms with Crippen LogP contribution in [0.4, 0.5) is 0 Å². The number of rotatable bonds is 4. The van der Waals surface area contributed by atoms with Crippen LogP contribution in [0.25, 0.3) is 0 Å². The van der Waals surface area contributed by atoms with E-state index in [0.29, 0.717) is 34.1 Å². The Hall–Kier alpha value is -0.340. The molecule has 4 rings (SSSR count). The third kappa shape index (κ3) is 3.40. The van der Waals surface area contributed by atoms with Gasteiger partial charge in [0, 0.05) is 6.04 Å². The lowest BCUT2D eigenvalue weighted by atomic mass is 9.35. The van der Waals surface area contributed by atoms with Crippen LogP contribution in [0.3, 0.4) is 0 Å². The largest absolute Gasteiger partial charge is 0.390 e. The van der Waals surface area contributed by atoms with Crippen molar-refractivity contribution in [2.45, 2.75) is 131 Å². The molecule has 4 aliphatic carbocycles. The fourth-order valence-corrected chi connectivity index (χ4v) is 10.4. The van der Waals surface area contributed by atoms with Crippen molar-refractivity contribution in [1.82, 2.24) is 0 Å². The molecule has 184 valence electrons. The third-order valence-electron chi connectivity index (χ3n) is 12.5. The lowest BCUT2D eigenvalue weighted by Gasteiger charge is -2.70. The van der Waals surface area contributed by atoms with E-state index in [4.69, 9.17) is 5.73 Å². The van der Waals surface area contributed by atoms with Crippen molar-refractivity contribution in [1.29, 1.82) is 0 Å². The number of hydrogen-bond donors (Lipinski definition) is 2. The summed E-state index contributed by atoms with van der Waals surface area (Å²) in [6, 6.07) is 0.351. The second kappa shape index (κ2) is 7.84. The minimum Gasteiger partial charge on any atom is -0.390 e. The van der Waals surface area contributed by atoms with Gasteiger partial charge >= 0.3 is 0 Å². The number of hydrogen-bond acceptors (Lipinski definition) is 2. The highest BCUT2D eigenvalue weighted by molar-refractivity contribution is 5.18. The zero-order chi connectivity index (χ0) is 23.7. The molecule has 2 heteroatoms. The summed E-state index contributed by atoms with van der Waals surface area (Å²) in [4.78, 5) is 0. The maximum Gasteiger partial charge on any atom is 0.0653 e. The number of fused-ring (bicyclic) bond motifs is 5. The van der Waals surface area contributed by atoms with Crippen LogP contribution in [-0.2, 0) is 0 Å². The molecule has 4 saturated carbocycles. The normalized spacial score (nSPS) is 49.4. The Morgan fingerprint density at radius 3 is 2.22 bits per heavy atom. The summed E-state index contributed by atoms with van der Waals surface area (Å²) < 4.78 is 0. The molecule has 32 heavy (non-hydrogen) atoms. The molecule has 0 bridgehead atoms. The quantitative estimate of drug-likeness (QED) is 0.442. The molecular weight excluding hydrogens is 390 g/mol. The number of allylic oxidation sites excluding steroid dienone is 2. The van der Waals surface area contributed by atoms with Crippen molar-refractivity contribution in [3.63, 3.8) is 0 Å². The lowest BCUT2D eigenvalue weighted by molar-refractivity contribution is -0.210. The molecule has 0 amide bonds. The molecule has 0 heterocycles. The average Bonchev–Trinajstić information content (AvgIpc) is 3.04. The van der Waals surface area contributed by atoms with E-state index in [0.717, 1.165) is 24.7 Å². The molecule has 0 saturated heterocycles. The van der Waals surface area contributed by atoms with Gasteiger partial charge in [-0.2, -0.15) is 0 Å². The van der Waals surface area contributed by atoms with Crippen LogP contribution in [0.5, 0.6) is 0 Å². The first kappa shape index (κ1) is 24.8. The predicted molar refractivity (Wildman–Crippen MR) is 136 cm³/mol. The second-order valence-electron chi connectivity index (χ2n) is 14.5. The van der Waals surface area contributed by atoms with E-state index in [1.165, 1.54) is 56.9 Å². The minimum absolute atomic E-state index is 0.249. The zero-order valence-electron chi connectivity index (χ0n) is 22.6. The van der Waals surface area contributed by atoms with Gasteiger partial charge in [-0.1, -0.05) is 46.3 Å². The summed E-state index contributed by atoms with van der Waals surface area (Å²) in [7, 11) is 0. The average molecular weight is 444 g/mol. The summed E-state index contributed by atoms with van der Waals surface area (Å²) in [6.45, 7) is 19.4. The Bertz CT molecular complexity index is 748. The first-order valence-corrected chi connectivity index (χ1v) is 13.8. The Kier molecular flexibility index (Phi) is 6.07. The van der Waals surface area contributed by atoms with Gasteiger partial charge in [-0.25, -0.2) is 0 Å². The van der Waals surface area contributed by atoms with Crippen molar-refractivity contribution in [2.75, 3.05) is 0 Å². The molecule has 0 spiro atoms. The fourth-order valence-electron chi connectivity index (χ4n) is 10.4. The van der Waals surface area contributed by atoms with Crippen LogP contribution in [0.15, 0.2) is 11.6 Å². The first-order valence-electron chi connectivity index (χ1n) is 13.8. The van der Waals surface area contributed by atoms with Gasteiger partial charge in [0.15, 0.2) is 0 Å². The van der Waals surface area contributed by atoms with E-state index in [9.17, 15) is 5.11 Å². The Morgan fingerprint density at radius 2 is 1.56 bits per heavy atom. The van der Waals surface area contributed by atoms with Crippen LogP contribution in [0.2, 0.25) is 0 Å². The van der Waals surface area contributed by atoms with Crippen molar-refractivity contribution in [3.8, 4) is 0 Å². The molecule has 3 N–H and O–H groups in total. The standard InChI is InChI=1S/C30H53NO/c1-20(2)10-9-16-30(8,32)22-13-18-28(6)21(22)11-12-24-27(5)17-15-25(31)26(3,4)23(27)14-19-29(24,28)7/h10,21-25,32H,9,11-19,31H2,1-8H3/t21-,22+,23+,24-,25+,27+,28-,29-,30+/m1/s1. The van der Waals surface area contributed by atoms with Gasteiger partial charge in [-0.3, -0.25) is 0 Å². The number of aliphatic hydroxyl groups is 1. The predicted octanol–water partition coefficient (Wildman–Crippen LogP) is 7.50. The smallest absolute Gasteiger partial charge is 0.0653 e. The van der Waals surface area contributed by atoms with Gasteiger partial charge in [-0.15, -0.1) is 0 Å². The highest BCUT2D eigenvalue weighted by atomic mass is 16.3. The highest BCUT2D eigenvalue weighted by Gasteiger charge is 2.69. The number of nitrogens with two attached hydrogens (primary N) is 1. The van der Waals surface area contributed by atoms with Crippen LogP contribution in [-0.4, -0.2) is 16.7 Å². The lowest BCUT2D eigenvalue weighted by Crippen LogP contribution is -2.65. The molecule has 0 aromatic rings. The van der Waals surface area contributed by atoms with Gasteiger partial charge < -0.3 is 10.8 Å². The van der Waals surface area contributed by atoms with Gasteiger partial charge in [0.1, 0.15) is 0 Å². The third-order valence-corrected chi connectivity index (χ3v) is 12.5. The van der Waals surface area contributed by atoms with Gasteiger partial charge in [0.05, 0.1) is 5.60 Å². The summed E-state index contributed by atoms with van der Waals surface area (Å²) in [5.41, 5.74) is 8.93. The maximum absolute atomic E-state index is 11.7.